The number of pyridine rings is 2. The number of carbonyl (C=O) groups excluding carboxylic acids is 2. The number of halogens is 3. The topological polar surface area (TPSA) is 114 Å². The molecule has 0 spiro atoms. The maximum atomic E-state index is 13.9. The zero-order valence-corrected chi connectivity index (χ0v) is 20.7. The van der Waals surface area contributed by atoms with Gasteiger partial charge in [0.1, 0.15) is 17.2 Å². The number of alkyl halides is 3. The number of hydrogen-bond acceptors (Lipinski definition) is 6. The van der Waals surface area contributed by atoms with Crippen molar-refractivity contribution in [3.05, 3.63) is 83.4 Å². The van der Waals surface area contributed by atoms with E-state index in [0.717, 1.165) is 18.9 Å². The largest absolute Gasteiger partial charge is 0.459 e. The molecule has 0 atom stereocenters. The van der Waals surface area contributed by atoms with Crippen molar-refractivity contribution in [2.24, 2.45) is 0 Å². The second-order valence-corrected chi connectivity index (χ2v) is 9.15. The summed E-state index contributed by atoms with van der Waals surface area (Å²) >= 11 is 0. The number of nitrogen functional groups attached to an aromatic ring is 1. The van der Waals surface area contributed by atoms with Crippen LogP contribution in [0.5, 0.6) is 0 Å². The van der Waals surface area contributed by atoms with Crippen LogP contribution < -0.4 is 11.1 Å². The van der Waals surface area contributed by atoms with Gasteiger partial charge in [-0.3, -0.25) is 14.6 Å². The van der Waals surface area contributed by atoms with Crippen LogP contribution in [0.4, 0.5) is 19.0 Å². The predicted molar refractivity (Wildman–Crippen MR) is 139 cm³/mol. The Morgan fingerprint density at radius 1 is 1.05 bits per heavy atom. The summed E-state index contributed by atoms with van der Waals surface area (Å²) in [6.07, 6.45) is 2.91. The van der Waals surface area contributed by atoms with E-state index < -0.39 is 17.6 Å². The fourth-order valence-electron chi connectivity index (χ4n) is 4.37. The summed E-state index contributed by atoms with van der Waals surface area (Å²) in [5, 5.41) is 2.81. The van der Waals surface area contributed by atoms with Crippen LogP contribution >= 0.6 is 0 Å². The molecule has 3 N–H and O–H groups in total. The molecule has 0 saturated carbocycles. The summed E-state index contributed by atoms with van der Waals surface area (Å²) in [7, 11) is 0. The first kappa shape index (κ1) is 26.0. The van der Waals surface area contributed by atoms with E-state index in [1.165, 1.54) is 42.7 Å². The number of fused-ring (bicyclic) bond motifs is 1. The van der Waals surface area contributed by atoms with E-state index in [1.807, 2.05) is 0 Å². The Bertz CT molecular complexity index is 1540. The van der Waals surface area contributed by atoms with E-state index in [1.54, 1.807) is 23.1 Å². The van der Waals surface area contributed by atoms with E-state index >= 15 is 0 Å². The van der Waals surface area contributed by atoms with E-state index in [0.29, 0.717) is 35.7 Å². The fourth-order valence-corrected chi connectivity index (χ4v) is 4.37. The Balaban J connectivity index is 1.35. The van der Waals surface area contributed by atoms with Crippen molar-refractivity contribution in [2.75, 3.05) is 18.8 Å². The summed E-state index contributed by atoms with van der Waals surface area (Å²) in [5.41, 5.74) is 5.81. The number of benzene rings is 1. The second-order valence-electron chi connectivity index (χ2n) is 9.15. The quantitative estimate of drug-likeness (QED) is 0.334. The zero-order valence-electron chi connectivity index (χ0n) is 20.7. The van der Waals surface area contributed by atoms with Crippen LogP contribution in [-0.4, -0.2) is 39.8 Å². The van der Waals surface area contributed by atoms with E-state index in [4.69, 9.17) is 10.2 Å². The third kappa shape index (κ3) is 5.92. The van der Waals surface area contributed by atoms with Crippen LogP contribution in [-0.2, 0) is 17.5 Å². The first-order valence-corrected chi connectivity index (χ1v) is 12.2. The molecule has 2 amide bonds. The van der Waals surface area contributed by atoms with Crippen molar-refractivity contribution < 1.29 is 27.2 Å². The van der Waals surface area contributed by atoms with Gasteiger partial charge in [0.05, 0.1) is 23.4 Å². The van der Waals surface area contributed by atoms with Crippen LogP contribution in [0.15, 0.2) is 65.4 Å². The molecule has 1 saturated heterocycles. The lowest BCUT2D eigenvalue weighted by atomic mass is 10.0. The minimum absolute atomic E-state index is 0.115. The summed E-state index contributed by atoms with van der Waals surface area (Å²) in [4.78, 5) is 34.7. The Labute approximate surface area is 221 Å². The summed E-state index contributed by atoms with van der Waals surface area (Å²) in [5.74, 6) is -0.0948. The van der Waals surface area contributed by atoms with Gasteiger partial charge < -0.3 is 20.4 Å². The Hall–Kier alpha value is -4.67. The molecule has 4 heterocycles. The maximum Gasteiger partial charge on any atom is 0.420 e. The SMILES string of the molecule is Nc1ccc(/C=C/C(=O)NCc2cc3cc(-c4ccc(C(=O)N5CCCC5)cn4)cc(C(F)(F)F)c3o2)cn1. The van der Waals surface area contributed by atoms with Crippen LogP contribution in [0.2, 0.25) is 0 Å². The highest BCUT2D eigenvalue weighted by Gasteiger charge is 2.35. The van der Waals surface area contributed by atoms with Crippen LogP contribution in [0.25, 0.3) is 28.3 Å². The van der Waals surface area contributed by atoms with Crippen molar-refractivity contribution in [3.8, 4) is 11.3 Å². The molecule has 8 nitrogen and oxygen atoms in total. The van der Waals surface area contributed by atoms with Crippen LogP contribution in [0.1, 0.15) is 40.1 Å². The highest BCUT2D eigenvalue weighted by atomic mass is 19.4. The number of likely N-dealkylation sites (tertiary alicyclic amines) is 1. The molecule has 3 aromatic heterocycles. The number of nitrogens with zero attached hydrogens (tertiary/aromatic N) is 3. The number of aromatic nitrogens is 2. The second kappa shape index (κ2) is 10.6. The fraction of sp³-hybridized carbons (Fsp3) is 0.214. The first-order chi connectivity index (χ1) is 18.7. The number of hydrogen-bond donors (Lipinski definition) is 2. The lowest BCUT2D eigenvalue weighted by molar-refractivity contribution is -0.136. The predicted octanol–water partition coefficient (Wildman–Crippen LogP) is 5.06. The third-order valence-electron chi connectivity index (χ3n) is 6.35. The average molecular weight is 536 g/mol. The van der Waals surface area contributed by atoms with Gasteiger partial charge >= 0.3 is 6.18 Å². The molecule has 5 rings (SSSR count). The van der Waals surface area contributed by atoms with E-state index in [-0.39, 0.29) is 34.7 Å². The lowest BCUT2D eigenvalue weighted by Gasteiger charge is -2.15. The molecule has 0 bridgehead atoms. The van der Waals surface area contributed by atoms with Crippen molar-refractivity contribution in [2.45, 2.75) is 25.6 Å². The van der Waals surface area contributed by atoms with Crippen molar-refractivity contribution >= 4 is 34.7 Å². The molecule has 11 heteroatoms. The highest BCUT2D eigenvalue weighted by Crippen LogP contribution is 2.39. The van der Waals surface area contributed by atoms with Gasteiger partial charge in [-0.15, -0.1) is 0 Å². The van der Waals surface area contributed by atoms with Gasteiger partial charge in [0.2, 0.25) is 5.91 Å². The number of rotatable bonds is 6. The minimum Gasteiger partial charge on any atom is -0.459 e. The van der Waals surface area contributed by atoms with Gasteiger partial charge in [-0.2, -0.15) is 13.2 Å². The summed E-state index contributed by atoms with van der Waals surface area (Å²) < 4.78 is 47.3. The molecule has 0 aliphatic carbocycles. The zero-order chi connectivity index (χ0) is 27.6. The molecule has 1 fully saturated rings. The highest BCUT2D eigenvalue weighted by molar-refractivity contribution is 5.95. The van der Waals surface area contributed by atoms with Crippen molar-refractivity contribution in [1.29, 1.82) is 0 Å². The number of nitrogens with one attached hydrogen (secondary N) is 1. The smallest absolute Gasteiger partial charge is 0.420 e. The van der Waals surface area contributed by atoms with Crippen LogP contribution in [0, 0.1) is 0 Å². The normalized spacial score (nSPS) is 13.9. The minimum atomic E-state index is -4.69. The summed E-state index contributed by atoms with van der Waals surface area (Å²) in [6, 6.07) is 10.4. The number of nitrogens with two attached hydrogens (primary N) is 1. The molecule has 1 aliphatic heterocycles. The monoisotopic (exact) mass is 535 g/mol. The van der Waals surface area contributed by atoms with Gasteiger partial charge in [-0.05, 0) is 66.9 Å². The van der Waals surface area contributed by atoms with Gasteiger partial charge in [0, 0.05) is 42.5 Å². The number of anilines is 1. The van der Waals surface area contributed by atoms with E-state index in [9.17, 15) is 22.8 Å². The van der Waals surface area contributed by atoms with Crippen LogP contribution in [0.3, 0.4) is 0 Å². The van der Waals surface area contributed by atoms with Gasteiger partial charge in [-0.1, -0.05) is 0 Å². The lowest BCUT2D eigenvalue weighted by Crippen LogP contribution is -2.27. The Kier molecular flexibility index (Phi) is 7.05. The molecule has 39 heavy (non-hydrogen) atoms. The van der Waals surface area contributed by atoms with Gasteiger partial charge in [0.25, 0.3) is 5.91 Å². The summed E-state index contributed by atoms with van der Waals surface area (Å²) in [6.45, 7) is 1.26. The number of furan rings is 1. The average Bonchev–Trinajstić information content (AvgIpc) is 3.60. The molecular weight excluding hydrogens is 511 g/mol. The molecule has 0 unspecified atom stereocenters. The van der Waals surface area contributed by atoms with Crippen molar-refractivity contribution in [1.82, 2.24) is 20.2 Å². The van der Waals surface area contributed by atoms with E-state index in [2.05, 4.69) is 15.3 Å². The number of carbonyl (C=O) groups is 2. The third-order valence-corrected chi connectivity index (χ3v) is 6.35. The molecule has 4 aromatic rings. The Morgan fingerprint density at radius 3 is 2.51 bits per heavy atom. The first-order valence-electron chi connectivity index (χ1n) is 12.2. The number of amides is 2. The molecule has 0 radical (unpaired) electrons. The van der Waals surface area contributed by atoms with Crippen molar-refractivity contribution in [3.63, 3.8) is 0 Å². The Morgan fingerprint density at radius 2 is 1.85 bits per heavy atom. The molecule has 200 valence electrons. The molecular formula is C28H24F3N5O3. The van der Waals surface area contributed by atoms with Gasteiger partial charge in [0.15, 0.2) is 0 Å². The molecule has 1 aromatic carbocycles. The molecule has 1 aliphatic rings. The maximum absolute atomic E-state index is 13.9. The van der Waals surface area contributed by atoms with Gasteiger partial charge in [-0.25, -0.2) is 4.98 Å². The standard InChI is InChI=1S/C28H24F3N5O3/c29-28(30,31)22-13-19(23-6-5-18(15-33-23)27(38)36-9-1-2-10-36)11-20-12-21(39-26(20)22)16-35-25(37)8-4-17-3-7-24(32)34-14-17/h3-8,11-15H,1-2,9-10,16H2,(H2,32,34)(H,35,37)/b8-4+.